The Morgan fingerprint density at radius 1 is 0.815 bits per heavy atom. The molecule has 7 nitrogen and oxygen atoms in total. The highest BCUT2D eigenvalue weighted by atomic mass is 16.5. The molecule has 2 atom stereocenters. The molecule has 0 aliphatic heterocycles. The van der Waals surface area contributed by atoms with Gasteiger partial charge in [-0.2, -0.15) is 0 Å². The Morgan fingerprint density at radius 2 is 1.22 bits per heavy atom. The van der Waals surface area contributed by atoms with Gasteiger partial charge < -0.3 is 24.8 Å². The standard InChI is InChI=1S/C20H38O7/c1-4-7-16(22)9-11-18(24)26-14-20(6-3,13-21)15-27-19(25)12-10-17(23)8-5-2/h16-17,21-23H,4-15H2,1-3H3. The van der Waals surface area contributed by atoms with Crippen molar-refractivity contribution in [1.82, 2.24) is 0 Å². The fourth-order valence-corrected chi connectivity index (χ4v) is 2.58. The van der Waals surface area contributed by atoms with Gasteiger partial charge in [0.1, 0.15) is 13.2 Å². The molecule has 0 fully saturated rings. The molecular formula is C20H38O7. The summed E-state index contributed by atoms with van der Waals surface area (Å²) in [5.41, 5.74) is -0.838. The predicted molar refractivity (Wildman–Crippen MR) is 102 cm³/mol. The van der Waals surface area contributed by atoms with E-state index in [1.807, 2.05) is 20.8 Å². The van der Waals surface area contributed by atoms with Crippen molar-refractivity contribution in [3.05, 3.63) is 0 Å². The first kappa shape index (κ1) is 25.8. The predicted octanol–water partition coefficient (Wildman–Crippen LogP) is 2.34. The lowest BCUT2D eigenvalue weighted by molar-refractivity contribution is -0.157. The summed E-state index contributed by atoms with van der Waals surface area (Å²) in [4.78, 5) is 23.7. The lowest BCUT2D eigenvalue weighted by Crippen LogP contribution is -2.37. The van der Waals surface area contributed by atoms with E-state index in [-0.39, 0.29) is 32.7 Å². The number of aliphatic hydroxyl groups is 3. The van der Waals surface area contributed by atoms with Crippen molar-refractivity contribution in [1.29, 1.82) is 0 Å². The van der Waals surface area contributed by atoms with Crippen molar-refractivity contribution < 1.29 is 34.4 Å². The topological polar surface area (TPSA) is 113 Å². The molecule has 0 bridgehead atoms. The zero-order valence-electron chi connectivity index (χ0n) is 17.1. The van der Waals surface area contributed by atoms with Crippen molar-refractivity contribution in [3.63, 3.8) is 0 Å². The van der Waals surface area contributed by atoms with Crippen LogP contribution in [0.4, 0.5) is 0 Å². The van der Waals surface area contributed by atoms with Crippen LogP contribution in [-0.2, 0) is 19.1 Å². The van der Waals surface area contributed by atoms with Gasteiger partial charge in [-0.05, 0) is 32.1 Å². The number of carbonyl (C=O) groups is 2. The van der Waals surface area contributed by atoms with E-state index >= 15 is 0 Å². The largest absolute Gasteiger partial charge is 0.465 e. The molecular weight excluding hydrogens is 352 g/mol. The first-order valence-electron chi connectivity index (χ1n) is 10.1. The van der Waals surface area contributed by atoms with Crippen LogP contribution < -0.4 is 0 Å². The highest BCUT2D eigenvalue weighted by Gasteiger charge is 2.31. The number of carbonyl (C=O) groups excluding carboxylic acids is 2. The minimum Gasteiger partial charge on any atom is -0.465 e. The summed E-state index contributed by atoms with van der Waals surface area (Å²) < 4.78 is 10.5. The van der Waals surface area contributed by atoms with E-state index in [2.05, 4.69) is 0 Å². The fourth-order valence-electron chi connectivity index (χ4n) is 2.58. The number of rotatable bonds is 16. The van der Waals surface area contributed by atoms with Gasteiger partial charge in [0.25, 0.3) is 0 Å². The van der Waals surface area contributed by atoms with E-state index in [0.717, 1.165) is 12.8 Å². The SMILES string of the molecule is CCCC(O)CCC(=O)OCC(CC)(CO)COC(=O)CCC(O)CCC. The third-order valence-electron chi connectivity index (χ3n) is 4.77. The minimum atomic E-state index is -0.838. The number of esters is 2. The Labute approximate surface area is 163 Å². The van der Waals surface area contributed by atoms with Gasteiger partial charge in [0.2, 0.25) is 0 Å². The molecule has 0 aromatic heterocycles. The molecule has 0 aromatic carbocycles. The van der Waals surface area contributed by atoms with E-state index in [1.54, 1.807) is 0 Å². The van der Waals surface area contributed by atoms with Crippen LogP contribution in [0.25, 0.3) is 0 Å². The number of ether oxygens (including phenoxy) is 2. The third-order valence-corrected chi connectivity index (χ3v) is 4.77. The van der Waals surface area contributed by atoms with Crippen molar-refractivity contribution >= 4 is 11.9 Å². The zero-order valence-corrected chi connectivity index (χ0v) is 17.1. The lowest BCUT2D eigenvalue weighted by atomic mass is 9.88. The van der Waals surface area contributed by atoms with Crippen LogP contribution in [0.5, 0.6) is 0 Å². The molecule has 0 aromatic rings. The molecule has 0 rings (SSSR count). The van der Waals surface area contributed by atoms with Crippen LogP contribution in [0.2, 0.25) is 0 Å². The Morgan fingerprint density at radius 3 is 1.52 bits per heavy atom. The van der Waals surface area contributed by atoms with E-state index in [4.69, 9.17) is 9.47 Å². The Hall–Kier alpha value is -1.18. The molecule has 0 heterocycles. The number of aliphatic hydroxyl groups excluding tert-OH is 3. The van der Waals surface area contributed by atoms with E-state index in [0.29, 0.717) is 32.1 Å². The molecule has 0 saturated heterocycles. The van der Waals surface area contributed by atoms with Crippen molar-refractivity contribution in [2.24, 2.45) is 5.41 Å². The highest BCUT2D eigenvalue weighted by Crippen LogP contribution is 2.23. The molecule has 3 N–H and O–H groups in total. The summed E-state index contributed by atoms with van der Waals surface area (Å²) in [6.07, 6.45) is 3.35. The van der Waals surface area contributed by atoms with Crippen LogP contribution in [0.15, 0.2) is 0 Å². The second-order valence-corrected chi connectivity index (χ2v) is 7.30. The average molecular weight is 391 g/mol. The fraction of sp³-hybridized carbons (Fsp3) is 0.900. The highest BCUT2D eigenvalue weighted by molar-refractivity contribution is 5.70. The van der Waals surface area contributed by atoms with Gasteiger partial charge in [0, 0.05) is 12.8 Å². The van der Waals surface area contributed by atoms with Gasteiger partial charge in [-0.1, -0.05) is 33.6 Å². The minimum absolute atomic E-state index is 0.0472. The first-order chi connectivity index (χ1) is 12.8. The normalized spacial score (nSPS) is 15.6. The maximum Gasteiger partial charge on any atom is 0.305 e. The molecule has 0 aliphatic carbocycles. The van der Waals surface area contributed by atoms with Crippen molar-refractivity contribution in [3.8, 4) is 0 Å². The summed E-state index contributed by atoms with van der Waals surface area (Å²) in [5.74, 6) is -0.879. The van der Waals surface area contributed by atoms with Crippen LogP contribution in [0.1, 0.15) is 78.6 Å². The van der Waals surface area contributed by atoms with Gasteiger partial charge >= 0.3 is 11.9 Å². The third kappa shape index (κ3) is 12.0. The summed E-state index contributed by atoms with van der Waals surface area (Å²) in [6.45, 7) is 5.38. The van der Waals surface area contributed by atoms with Gasteiger partial charge in [0.15, 0.2) is 0 Å². The summed E-state index contributed by atoms with van der Waals surface area (Å²) >= 11 is 0. The Balaban J connectivity index is 4.33. The van der Waals surface area contributed by atoms with Crippen LogP contribution >= 0.6 is 0 Å². The van der Waals surface area contributed by atoms with Gasteiger partial charge in [-0.15, -0.1) is 0 Å². The maximum absolute atomic E-state index is 11.9. The second kappa shape index (κ2) is 14.8. The van der Waals surface area contributed by atoms with E-state index in [9.17, 15) is 24.9 Å². The van der Waals surface area contributed by atoms with Gasteiger partial charge in [-0.25, -0.2) is 0 Å². The van der Waals surface area contributed by atoms with Crippen molar-refractivity contribution in [2.45, 2.75) is 90.8 Å². The Bertz CT molecular complexity index is 373. The van der Waals surface area contributed by atoms with Crippen LogP contribution in [-0.4, -0.2) is 59.3 Å². The Kier molecular flexibility index (Phi) is 14.2. The summed E-state index contributed by atoms with van der Waals surface area (Å²) in [6, 6.07) is 0. The smallest absolute Gasteiger partial charge is 0.305 e. The molecule has 160 valence electrons. The number of hydrogen-bond donors (Lipinski definition) is 3. The molecule has 7 heteroatoms. The van der Waals surface area contributed by atoms with E-state index in [1.165, 1.54) is 0 Å². The molecule has 0 amide bonds. The lowest BCUT2D eigenvalue weighted by Gasteiger charge is -2.29. The maximum atomic E-state index is 11.9. The van der Waals surface area contributed by atoms with Gasteiger partial charge in [0.05, 0.1) is 24.2 Å². The molecule has 0 saturated carbocycles. The zero-order chi connectivity index (χ0) is 20.7. The van der Waals surface area contributed by atoms with Gasteiger partial charge in [-0.3, -0.25) is 9.59 Å². The quantitative estimate of drug-likeness (QED) is 0.347. The molecule has 0 radical (unpaired) electrons. The first-order valence-corrected chi connectivity index (χ1v) is 10.1. The van der Waals surface area contributed by atoms with Crippen LogP contribution in [0, 0.1) is 5.41 Å². The molecule has 27 heavy (non-hydrogen) atoms. The summed E-state index contributed by atoms with van der Waals surface area (Å²) in [7, 11) is 0. The monoisotopic (exact) mass is 390 g/mol. The molecule has 0 spiro atoms. The van der Waals surface area contributed by atoms with Crippen molar-refractivity contribution in [2.75, 3.05) is 19.8 Å². The molecule has 2 unspecified atom stereocenters. The molecule has 0 aliphatic rings. The number of hydrogen-bond acceptors (Lipinski definition) is 7. The van der Waals surface area contributed by atoms with Crippen LogP contribution in [0.3, 0.4) is 0 Å². The second-order valence-electron chi connectivity index (χ2n) is 7.30. The average Bonchev–Trinajstić information content (AvgIpc) is 2.66. The summed E-state index contributed by atoms with van der Waals surface area (Å²) in [5, 5.41) is 29.0. The van der Waals surface area contributed by atoms with E-state index < -0.39 is 29.6 Å².